The highest BCUT2D eigenvalue weighted by Crippen LogP contribution is 2.31. The fourth-order valence-corrected chi connectivity index (χ4v) is 2.41. The molecule has 3 rings (SSSR count). The molecule has 5 heteroatoms. The minimum atomic E-state index is -0.998. The lowest BCUT2D eigenvalue weighted by atomic mass is 10.0. The molecule has 1 aromatic carbocycles. The Balaban J connectivity index is 2.31. The van der Waals surface area contributed by atoms with Gasteiger partial charge in [-0.05, 0) is 19.1 Å². The molecule has 2 aromatic heterocycles. The number of hydrogen-bond donors (Lipinski definition) is 1. The van der Waals surface area contributed by atoms with E-state index in [1.807, 2.05) is 37.4 Å². The molecule has 0 spiro atoms. The van der Waals surface area contributed by atoms with Crippen molar-refractivity contribution in [3.05, 3.63) is 54.0 Å². The molecule has 0 aliphatic heterocycles. The topological polar surface area (TPSA) is 63.8 Å². The maximum Gasteiger partial charge on any atom is 0.339 e. The number of imidazole rings is 1. The smallest absolute Gasteiger partial charge is 0.339 e. The molecule has 0 aliphatic rings. The van der Waals surface area contributed by atoms with Crippen LogP contribution in [0.5, 0.6) is 5.75 Å². The van der Waals surface area contributed by atoms with Crippen LogP contribution in [0.25, 0.3) is 16.8 Å². The summed E-state index contributed by atoms with van der Waals surface area (Å²) in [6, 6.07) is 9.14. The first-order chi connectivity index (χ1) is 10.1. The van der Waals surface area contributed by atoms with Gasteiger partial charge in [0.1, 0.15) is 11.3 Å². The van der Waals surface area contributed by atoms with E-state index in [-0.39, 0.29) is 5.56 Å². The third kappa shape index (κ3) is 2.23. The zero-order valence-corrected chi connectivity index (χ0v) is 11.7. The number of aromatic carboxylic acids is 1. The van der Waals surface area contributed by atoms with Crippen LogP contribution < -0.4 is 4.74 Å². The first-order valence-corrected chi connectivity index (χ1v) is 6.46. The number of hydrogen-bond acceptors (Lipinski definition) is 3. The van der Waals surface area contributed by atoms with E-state index in [2.05, 4.69) is 4.98 Å². The largest absolute Gasteiger partial charge is 0.496 e. The van der Waals surface area contributed by atoms with Crippen molar-refractivity contribution in [1.29, 1.82) is 0 Å². The number of rotatable bonds is 3. The lowest BCUT2D eigenvalue weighted by molar-refractivity contribution is 0.0698. The summed E-state index contributed by atoms with van der Waals surface area (Å²) in [5.41, 5.74) is 3.00. The fraction of sp³-hybridized carbons (Fsp3) is 0.125. The number of aromatic nitrogens is 2. The zero-order valence-electron chi connectivity index (χ0n) is 11.7. The molecule has 5 nitrogen and oxygen atoms in total. The van der Waals surface area contributed by atoms with E-state index in [1.165, 1.54) is 0 Å². The van der Waals surface area contributed by atoms with Gasteiger partial charge in [-0.15, -0.1) is 0 Å². The molecule has 0 atom stereocenters. The summed E-state index contributed by atoms with van der Waals surface area (Å²) in [6.45, 7) is 1.83. The second-order valence-electron chi connectivity index (χ2n) is 4.76. The van der Waals surface area contributed by atoms with Crippen LogP contribution in [-0.2, 0) is 0 Å². The number of methoxy groups -OCH3 is 1. The number of nitrogens with zero attached hydrogens (tertiary/aromatic N) is 2. The standard InChI is InChI=1S/C16H14N2O3/c1-10-8-18-9-11(7-13(16(19)20)15(18)17-10)12-5-3-4-6-14(12)21-2/h3-9H,1-2H3,(H,19,20). The van der Waals surface area contributed by atoms with Crippen LogP contribution in [0.2, 0.25) is 0 Å². The first kappa shape index (κ1) is 13.2. The van der Waals surface area contributed by atoms with Crippen molar-refractivity contribution in [2.75, 3.05) is 7.11 Å². The van der Waals surface area contributed by atoms with Gasteiger partial charge in [0, 0.05) is 23.5 Å². The van der Waals surface area contributed by atoms with E-state index in [0.29, 0.717) is 11.4 Å². The summed E-state index contributed by atoms with van der Waals surface area (Å²) in [7, 11) is 1.59. The highest BCUT2D eigenvalue weighted by molar-refractivity contribution is 5.96. The molecule has 0 unspecified atom stereocenters. The van der Waals surface area contributed by atoms with E-state index in [0.717, 1.165) is 16.8 Å². The second kappa shape index (κ2) is 4.94. The van der Waals surface area contributed by atoms with Gasteiger partial charge in [-0.2, -0.15) is 0 Å². The molecule has 1 N–H and O–H groups in total. The van der Waals surface area contributed by atoms with Gasteiger partial charge >= 0.3 is 5.97 Å². The summed E-state index contributed by atoms with van der Waals surface area (Å²) in [6.07, 6.45) is 3.67. The maximum absolute atomic E-state index is 11.5. The molecule has 0 saturated heterocycles. The van der Waals surface area contributed by atoms with Crippen LogP contribution >= 0.6 is 0 Å². The summed E-state index contributed by atoms with van der Waals surface area (Å²) >= 11 is 0. The predicted octanol–water partition coefficient (Wildman–Crippen LogP) is 3.02. The number of carboxylic acid groups (broad SMARTS) is 1. The Labute approximate surface area is 121 Å². The van der Waals surface area contributed by atoms with Gasteiger partial charge in [0.05, 0.1) is 12.8 Å². The Morgan fingerprint density at radius 3 is 2.76 bits per heavy atom. The highest BCUT2D eigenvalue weighted by atomic mass is 16.5. The Kier molecular flexibility index (Phi) is 3.10. The van der Waals surface area contributed by atoms with Crippen LogP contribution in [-0.4, -0.2) is 27.6 Å². The lowest BCUT2D eigenvalue weighted by Gasteiger charge is -2.10. The molecule has 3 aromatic rings. The minimum absolute atomic E-state index is 0.173. The van der Waals surface area contributed by atoms with Gasteiger partial charge < -0.3 is 14.2 Å². The Morgan fingerprint density at radius 2 is 2.05 bits per heavy atom. The van der Waals surface area contributed by atoms with E-state index >= 15 is 0 Å². The molecule has 0 saturated carbocycles. The molecule has 0 bridgehead atoms. The van der Waals surface area contributed by atoms with Crippen LogP contribution in [0.1, 0.15) is 16.1 Å². The number of aryl methyl sites for hydroxylation is 1. The number of carboxylic acids is 1. The van der Waals surface area contributed by atoms with Crippen molar-refractivity contribution < 1.29 is 14.6 Å². The summed E-state index contributed by atoms with van der Waals surface area (Å²) in [5, 5.41) is 9.41. The fourth-order valence-electron chi connectivity index (χ4n) is 2.41. The number of carbonyl (C=O) groups is 1. The molecule has 21 heavy (non-hydrogen) atoms. The van der Waals surface area contributed by atoms with E-state index in [1.54, 1.807) is 23.8 Å². The number of fused-ring (bicyclic) bond motifs is 1. The van der Waals surface area contributed by atoms with E-state index < -0.39 is 5.97 Å². The molecule has 0 fully saturated rings. The van der Waals surface area contributed by atoms with Crippen LogP contribution in [0.15, 0.2) is 42.7 Å². The van der Waals surface area contributed by atoms with Gasteiger partial charge in [-0.1, -0.05) is 18.2 Å². The first-order valence-electron chi connectivity index (χ1n) is 6.46. The van der Waals surface area contributed by atoms with Gasteiger partial charge in [0.25, 0.3) is 0 Å². The van der Waals surface area contributed by atoms with Crippen LogP contribution in [0.4, 0.5) is 0 Å². The molecular formula is C16H14N2O3. The predicted molar refractivity (Wildman–Crippen MR) is 78.9 cm³/mol. The number of pyridine rings is 1. The van der Waals surface area contributed by atoms with E-state index in [9.17, 15) is 9.90 Å². The van der Waals surface area contributed by atoms with Gasteiger partial charge in [-0.3, -0.25) is 0 Å². The Hall–Kier alpha value is -2.82. The summed E-state index contributed by atoms with van der Waals surface area (Å²) < 4.78 is 7.08. The van der Waals surface area contributed by atoms with Crippen molar-refractivity contribution in [1.82, 2.24) is 9.38 Å². The van der Waals surface area contributed by atoms with Crippen molar-refractivity contribution >= 4 is 11.6 Å². The van der Waals surface area contributed by atoms with Crippen molar-refractivity contribution in [2.45, 2.75) is 6.92 Å². The number of benzene rings is 1. The van der Waals surface area contributed by atoms with Crippen LogP contribution in [0.3, 0.4) is 0 Å². The lowest BCUT2D eigenvalue weighted by Crippen LogP contribution is -2.02. The summed E-state index contributed by atoms with van der Waals surface area (Å²) in [5.74, 6) is -0.299. The number of ether oxygens (including phenoxy) is 1. The molecule has 2 heterocycles. The average Bonchev–Trinajstić information content (AvgIpc) is 2.85. The zero-order chi connectivity index (χ0) is 15.0. The molecule has 0 radical (unpaired) electrons. The molecule has 0 aliphatic carbocycles. The van der Waals surface area contributed by atoms with Crippen molar-refractivity contribution in [3.63, 3.8) is 0 Å². The normalized spacial score (nSPS) is 10.8. The third-order valence-electron chi connectivity index (χ3n) is 3.32. The van der Waals surface area contributed by atoms with Gasteiger partial charge in [0.15, 0.2) is 5.65 Å². The van der Waals surface area contributed by atoms with Gasteiger partial charge in [-0.25, -0.2) is 9.78 Å². The molecular weight excluding hydrogens is 268 g/mol. The summed E-state index contributed by atoms with van der Waals surface area (Å²) in [4.78, 5) is 15.7. The van der Waals surface area contributed by atoms with E-state index in [4.69, 9.17) is 4.74 Å². The van der Waals surface area contributed by atoms with Gasteiger partial charge in [0.2, 0.25) is 0 Å². The SMILES string of the molecule is COc1ccccc1-c1cc(C(=O)O)c2nc(C)cn2c1. The Morgan fingerprint density at radius 1 is 1.29 bits per heavy atom. The third-order valence-corrected chi connectivity index (χ3v) is 3.32. The quantitative estimate of drug-likeness (QED) is 0.802. The maximum atomic E-state index is 11.5. The number of para-hydroxylation sites is 1. The highest BCUT2D eigenvalue weighted by Gasteiger charge is 2.15. The van der Waals surface area contributed by atoms with Crippen molar-refractivity contribution in [2.24, 2.45) is 0 Å². The second-order valence-corrected chi connectivity index (χ2v) is 4.76. The monoisotopic (exact) mass is 282 g/mol. The van der Waals surface area contributed by atoms with Crippen molar-refractivity contribution in [3.8, 4) is 16.9 Å². The molecule has 106 valence electrons. The molecule has 0 amide bonds. The Bertz CT molecular complexity index is 837. The van der Waals surface area contributed by atoms with Crippen LogP contribution in [0, 0.1) is 6.92 Å². The minimum Gasteiger partial charge on any atom is -0.496 e. The average molecular weight is 282 g/mol.